The Morgan fingerprint density at radius 2 is 1.26 bits per heavy atom. The van der Waals surface area contributed by atoms with E-state index in [1.165, 1.54) is 0 Å². The smallest absolute Gasteiger partial charge is 0.0916 e. The molecule has 0 amide bonds. The van der Waals surface area contributed by atoms with Crippen LogP contribution in [0, 0.1) is 0 Å². The summed E-state index contributed by atoms with van der Waals surface area (Å²) < 4.78 is 18.3. The number of ether oxygens (including phenoxy) is 1. The molecule has 0 fully saturated rings. The molecular formula is C25H21FN4O. The number of halogens is 1. The number of hydrogen-bond donors (Lipinski definition) is 0. The van der Waals surface area contributed by atoms with Crippen LogP contribution >= 0.6 is 0 Å². The molecule has 0 N–H and O–H groups in total. The van der Waals surface area contributed by atoms with Crippen LogP contribution in [0.5, 0.6) is 0 Å². The van der Waals surface area contributed by atoms with E-state index in [1.807, 2.05) is 73.8 Å². The van der Waals surface area contributed by atoms with Gasteiger partial charge in [-0.05, 0) is 80.2 Å². The van der Waals surface area contributed by atoms with E-state index < -0.39 is 0 Å². The van der Waals surface area contributed by atoms with Gasteiger partial charge in [-0.3, -0.25) is 4.39 Å². The van der Waals surface area contributed by atoms with E-state index >= 15 is 0 Å². The minimum Gasteiger partial charge on any atom is -0.374 e. The Hall–Kier alpha value is -3.51. The summed E-state index contributed by atoms with van der Waals surface area (Å²) in [6.45, 7) is 1.94. The first-order valence-corrected chi connectivity index (χ1v) is 10.3. The van der Waals surface area contributed by atoms with Gasteiger partial charge in [-0.2, -0.15) is 0 Å². The van der Waals surface area contributed by atoms with Crippen molar-refractivity contribution >= 4 is 22.8 Å². The minimum atomic E-state index is -0.387. The summed E-state index contributed by atoms with van der Waals surface area (Å²) in [6, 6.07) is 0. The van der Waals surface area contributed by atoms with Crippen molar-refractivity contribution in [2.45, 2.75) is 19.4 Å². The summed E-state index contributed by atoms with van der Waals surface area (Å²) >= 11 is 0. The van der Waals surface area contributed by atoms with Crippen molar-refractivity contribution in [3.8, 4) is 0 Å². The Balaban J connectivity index is 1.55. The highest BCUT2D eigenvalue weighted by Crippen LogP contribution is 2.27. The molecule has 0 aromatic carbocycles. The first-order valence-electron chi connectivity index (χ1n) is 10.3. The Kier molecular flexibility index (Phi) is 5.22. The van der Waals surface area contributed by atoms with Crippen LogP contribution in [0.4, 0.5) is 4.39 Å². The number of rotatable bonds is 5. The number of aliphatic imine (C=N–C) groups is 4. The van der Waals surface area contributed by atoms with Crippen LogP contribution in [0.2, 0.25) is 0 Å². The second kappa shape index (κ2) is 8.32. The van der Waals surface area contributed by atoms with Gasteiger partial charge in [0.2, 0.25) is 0 Å². The highest BCUT2D eigenvalue weighted by molar-refractivity contribution is 6.15. The molecule has 0 aliphatic carbocycles. The zero-order chi connectivity index (χ0) is 21.2. The molecule has 0 saturated carbocycles. The largest absolute Gasteiger partial charge is 0.374 e. The van der Waals surface area contributed by atoms with Crippen LogP contribution in [0.1, 0.15) is 13.3 Å². The fraction of sp³-hybridized carbons (Fsp3) is 0.200. The standard InChI is InChI=1S/C25H21FN4O/c1-16(31-10-2-9-26)24-14-23-13-21-6-5-19(28-21)11-17-3-4-18(27-17)12-20-7-8-22(29-20)15-25(24)30-23/h3-8,11-16H,2,9-10H2,1H3. The van der Waals surface area contributed by atoms with E-state index in [-0.39, 0.29) is 12.8 Å². The molecule has 6 heteroatoms. The lowest BCUT2D eigenvalue weighted by molar-refractivity contribution is 0.0856. The fourth-order valence-electron chi connectivity index (χ4n) is 3.65. The van der Waals surface area contributed by atoms with E-state index in [4.69, 9.17) is 9.73 Å². The highest BCUT2D eigenvalue weighted by atomic mass is 19.1. The maximum atomic E-state index is 12.5. The quantitative estimate of drug-likeness (QED) is 0.603. The third-order valence-corrected chi connectivity index (χ3v) is 5.15. The zero-order valence-electron chi connectivity index (χ0n) is 17.1. The fourth-order valence-corrected chi connectivity index (χ4v) is 3.65. The molecule has 0 aromatic rings. The maximum Gasteiger partial charge on any atom is 0.0916 e. The van der Waals surface area contributed by atoms with Crippen molar-refractivity contribution in [2.24, 2.45) is 20.0 Å². The highest BCUT2D eigenvalue weighted by Gasteiger charge is 2.21. The van der Waals surface area contributed by atoms with Gasteiger partial charge in [0.25, 0.3) is 0 Å². The molecule has 1 atom stereocenters. The number of alkyl halides is 1. The SMILES string of the molecule is CC(OCCCF)C1=CC2=NC1=CC1=NC(=CC3=NC(=CC4=NC(=C2)C=C4)C=C3)C=C1. The lowest BCUT2D eigenvalue weighted by atomic mass is 10.1. The normalized spacial score (nSPS) is 21.7. The Morgan fingerprint density at radius 3 is 1.84 bits per heavy atom. The summed E-state index contributed by atoms with van der Waals surface area (Å²) in [5, 5.41) is 0. The molecule has 0 saturated heterocycles. The van der Waals surface area contributed by atoms with E-state index in [9.17, 15) is 4.39 Å². The van der Waals surface area contributed by atoms with E-state index in [0.717, 1.165) is 51.2 Å². The van der Waals surface area contributed by atoms with Crippen LogP contribution in [0.15, 0.2) is 115 Å². The number of allylic oxidation sites excluding steroid dienone is 11. The van der Waals surface area contributed by atoms with Gasteiger partial charge in [0.1, 0.15) is 0 Å². The first kappa shape index (κ1) is 19.5. The third kappa shape index (κ3) is 4.34. The molecule has 5 nitrogen and oxygen atoms in total. The van der Waals surface area contributed by atoms with Gasteiger partial charge in [-0.25, -0.2) is 20.0 Å². The summed E-state index contributed by atoms with van der Waals surface area (Å²) in [5.74, 6) is 0. The van der Waals surface area contributed by atoms with Crippen LogP contribution in [-0.4, -0.2) is 42.2 Å². The number of hydrogen-bond acceptors (Lipinski definition) is 5. The van der Waals surface area contributed by atoms with Crippen LogP contribution < -0.4 is 0 Å². The topological polar surface area (TPSA) is 58.7 Å². The third-order valence-electron chi connectivity index (χ3n) is 5.15. The molecule has 31 heavy (non-hydrogen) atoms. The van der Waals surface area contributed by atoms with E-state index in [2.05, 4.69) is 15.0 Å². The summed E-state index contributed by atoms with van der Waals surface area (Å²) in [4.78, 5) is 18.8. The maximum absolute atomic E-state index is 12.5. The summed E-state index contributed by atoms with van der Waals surface area (Å²) in [7, 11) is 0. The van der Waals surface area contributed by atoms with Crippen molar-refractivity contribution in [3.63, 3.8) is 0 Å². The van der Waals surface area contributed by atoms with Crippen LogP contribution in [0.3, 0.4) is 0 Å². The lowest BCUT2D eigenvalue weighted by Gasteiger charge is -2.14. The van der Waals surface area contributed by atoms with Gasteiger partial charge in [0, 0.05) is 12.2 Å². The van der Waals surface area contributed by atoms with Gasteiger partial charge in [-0.15, -0.1) is 0 Å². The van der Waals surface area contributed by atoms with Gasteiger partial charge < -0.3 is 4.74 Å². The molecule has 154 valence electrons. The lowest BCUT2D eigenvalue weighted by Crippen LogP contribution is -2.13. The molecule has 5 aliphatic heterocycles. The number of fused-ring (bicyclic) bond motifs is 4. The molecular weight excluding hydrogens is 391 g/mol. The van der Waals surface area contributed by atoms with Gasteiger partial charge in [0.05, 0.1) is 58.4 Å². The molecule has 0 aromatic heterocycles. The molecule has 1 unspecified atom stereocenters. The Morgan fingerprint density at radius 1 is 0.710 bits per heavy atom. The molecule has 0 spiro atoms. The number of nitrogens with zero attached hydrogens (tertiary/aromatic N) is 4. The van der Waals surface area contributed by atoms with Crippen LogP contribution in [-0.2, 0) is 4.74 Å². The van der Waals surface area contributed by atoms with Crippen molar-refractivity contribution in [1.29, 1.82) is 0 Å². The van der Waals surface area contributed by atoms with Crippen molar-refractivity contribution < 1.29 is 9.13 Å². The molecule has 5 rings (SSSR count). The molecule has 8 bridgehead atoms. The molecule has 5 aliphatic rings. The predicted octanol–water partition coefficient (Wildman–Crippen LogP) is 4.71. The first-order chi connectivity index (χ1) is 15.2. The second-order valence-electron chi connectivity index (χ2n) is 7.54. The van der Waals surface area contributed by atoms with Crippen molar-refractivity contribution in [1.82, 2.24) is 0 Å². The zero-order valence-corrected chi connectivity index (χ0v) is 17.1. The van der Waals surface area contributed by atoms with Gasteiger partial charge in [-0.1, -0.05) is 0 Å². The monoisotopic (exact) mass is 412 g/mol. The summed E-state index contributed by atoms with van der Waals surface area (Å²) in [5.41, 5.74) is 7.57. The van der Waals surface area contributed by atoms with Crippen LogP contribution in [0.25, 0.3) is 0 Å². The van der Waals surface area contributed by atoms with Crippen molar-refractivity contribution in [2.75, 3.05) is 13.3 Å². The van der Waals surface area contributed by atoms with E-state index in [1.54, 1.807) is 0 Å². The second-order valence-corrected chi connectivity index (χ2v) is 7.54. The molecule has 5 heterocycles. The van der Waals surface area contributed by atoms with Gasteiger partial charge in [0.15, 0.2) is 0 Å². The van der Waals surface area contributed by atoms with Gasteiger partial charge >= 0.3 is 0 Å². The predicted molar refractivity (Wildman–Crippen MR) is 124 cm³/mol. The molecule has 0 radical (unpaired) electrons. The Bertz CT molecular complexity index is 1200. The van der Waals surface area contributed by atoms with Crippen molar-refractivity contribution in [3.05, 3.63) is 95.2 Å². The van der Waals surface area contributed by atoms with E-state index in [0.29, 0.717) is 13.0 Å². The average Bonchev–Trinajstić information content (AvgIpc) is 3.53. The average molecular weight is 412 g/mol. The summed E-state index contributed by atoms with van der Waals surface area (Å²) in [6.07, 6.45) is 21.8. The minimum absolute atomic E-state index is 0.210. The Labute approximate surface area is 180 Å².